The van der Waals surface area contributed by atoms with Crippen molar-refractivity contribution in [2.75, 3.05) is 0 Å². The Balaban J connectivity index is 0.000000396. The van der Waals surface area contributed by atoms with E-state index in [2.05, 4.69) is 22.9 Å². The van der Waals surface area contributed by atoms with Gasteiger partial charge in [0.05, 0.1) is 12.2 Å². The van der Waals surface area contributed by atoms with Crippen LogP contribution in [-0.4, -0.2) is 9.78 Å². The molecule has 1 aromatic heterocycles. The quantitative estimate of drug-likeness (QED) is 0.648. The smallest absolute Gasteiger partial charge is 0.0519 e. The molecule has 1 fully saturated rings. The van der Waals surface area contributed by atoms with Crippen molar-refractivity contribution in [2.24, 2.45) is 0 Å². The van der Waals surface area contributed by atoms with Gasteiger partial charge in [0, 0.05) is 6.20 Å². The minimum absolute atomic E-state index is 0.698. The van der Waals surface area contributed by atoms with Crippen LogP contribution in [0.2, 0.25) is 0 Å². The molecule has 13 heavy (non-hydrogen) atoms. The van der Waals surface area contributed by atoms with E-state index in [9.17, 15) is 0 Å². The molecule has 0 unspecified atom stereocenters. The molecule has 0 atom stereocenters. The predicted molar refractivity (Wildman–Crippen MR) is 55.8 cm³/mol. The van der Waals surface area contributed by atoms with Crippen LogP contribution in [0.25, 0.3) is 0 Å². The molecule has 0 bridgehead atoms. The van der Waals surface area contributed by atoms with Gasteiger partial charge in [-0.2, -0.15) is 5.10 Å². The van der Waals surface area contributed by atoms with Crippen LogP contribution in [0.5, 0.6) is 0 Å². The summed E-state index contributed by atoms with van der Waals surface area (Å²) in [6.45, 7) is 6.10. The van der Waals surface area contributed by atoms with Crippen molar-refractivity contribution in [3.05, 3.63) is 18.0 Å². The molecule has 1 heterocycles. The molecule has 74 valence electrons. The summed E-state index contributed by atoms with van der Waals surface area (Å²) in [6, 6.07) is 0.698. The predicted octanol–water partition coefficient (Wildman–Crippen LogP) is 3.33. The Labute approximate surface area is 81.0 Å². The van der Waals surface area contributed by atoms with E-state index in [4.69, 9.17) is 0 Å². The summed E-state index contributed by atoms with van der Waals surface area (Å²) in [5.74, 6) is 0. The first-order valence-electron chi connectivity index (χ1n) is 5.37. The summed E-state index contributed by atoms with van der Waals surface area (Å²) in [5, 5.41) is 4.31. The van der Waals surface area contributed by atoms with Gasteiger partial charge in [0.25, 0.3) is 0 Å². The van der Waals surface area contributed by atoms with Crippen molar-refractivity contribution in [1.29, 1.82) is 0 Å². The van der Waals surface area contributed by atoms with Crippen molar-refractivity contribution in [2.45, 2.75) is 52.5 Å². The molecule has 1 aromatic rings. The SMILES string of the molecule is CC.Cc1cnn(C2CCCC2)c1. The highest BCUT2D eigenvalue weighted by Gasteiger charge is 2.16. The van der Waals surface area contributed by atoms with Gasteiger partial charge in [-0.3, -0.25) is 4.68 Å². The summed E-state index contributed by atoms with van der Waals surface area (Å²) < 4.78 is 2.13. The zero-order valence-corrected chi connectivity index (χ0v) is 8.95. The number of aromatic nitrogens is 2. The summed E-state index contributed by atoms with van der Waals surface area (Å²) in [7, 11) is 0. The third-order valence-electron chi connectivity index (χ3n) is 2.43. The van der Waals surface area contributed by atoms with Crippen LogP contribution < -0.4 is 0 Å². The first-order valence-corrected chi connectivity index (χ1v) is 5.37. The van der Waals surface area contributed by atoms with E-state index in [0.717, 1.165) is 0 Å². The van der Waals surface area contributed by atoms with E-state index in [1.165, 1.54) is 31.2 Å². The van der Waals surface area contributed by atoms with Crippen LogP contribution >= 0.6 is 0 Å². The molecule has 2 rings (SSSR count). The second-order valence-corrected chi connectivity index (χ2v) is 3.44. The molecule has 0 saturated heterocycles. The minimum atomic E-state index is 0.698. The van der Waals surface area contributed by atoms with Crippen LogP contribution in [0.4, 0.5) is 0 Å². The van der Waals surface area contributed by atoms with Gasteiger partial charge in [0.15, 0.2) is 0 Å². The molecule has 2 heteroatoms. The Kier molecular flexibility index (Phi) is 4.00. The monoisotopic (exact) mass is 180 g/mol. The zero-order chi connectivity index (χ0) is 9.68. The van der Waals surface area contributed by atoms with E-state index < -0.39 is 0 Å². The van der Waals surface area contributed by atoms with Gasteiger partial charge in [0.2, 0.25) is 0 Å². The molecular weight excluding hydrogens is 160 g/mol. The number of nitrogens with zero attached hydrogens (tertiary/aromatic N) is 2. The molecule has 1 aliphatic rings. The van der Waals surface area contributed by atoms with Gasteiger partial charge in [-0.05, 0) is 25.3 Å². The van der Waals surface area contributed by atoms with E-state index in [0.29, 0.717) is 6.04 Å². The van der Waals surface area contributed by atoms with Crippen LogP contribution in [-0.2, 0) is 0 Å². The summed E-state index contributed by atoms with van der Waals surface area (Å²) in [4.78, 5) is 0. The Hall–Kier alpha value is -0.790. The first kappa shape index (κ1) is 10.3. The molecule has 1 aliphatic carbocycles. The first-order chi connectivity index (χ1) is 6.36. The number of rotatable bonds is 1. The molecular formula is C11H20N2. The number of hydrogen-bond donors (Lipinski definition) is 0. The number of aryl methyl sites for hydroxylation is 1. The average Bonchev–Trinajstić information content (AvgIpc) is 2.77. The maximum absolute atomic E-state index is 4.31. The van der Waals surface area contributed by atoms with Gasteiger partial charge in [-0.25, -0.2) is 0 Å². The topological polar surface area (TPSA) is 17.8 Å². The van der Waals surface area contributed by atoms with Crippen molar-refractivity contribution in [1.82, 2.24) is 9.78 Å². The van der Waals surface area contributed by atoms with E-state index in [-0.39, 0.29) is 0 Å². The van der Waals surface area contributed by atoms with E-state index >= 15 is 0 Å². The lowest BCUT2D eigenvalue weighted by Crippen LogP contribution is -2.04. The largest absolute Gasteiger partial charge is 0.269 e. The lowest BCUT2D eigenvalue weighted by atomic mass is 10.2. The highest BCUT2D eigenvalue weighted by atomic mass is 15.3. The Morgan fingerprint density at radius 3 is 2.38 bits per heavy atom. The number of hydrogen-bond acceptors (Lipinski definition) is 1. The van der Waals surface area contributed by atoms with Gasteiger partial charge < -0.3 is 0 Å². The third kappa shape index (κ3) is 2.58. The van der Waals surface area contributed by atoms with Crippen molar-refractivity contribution < 1.29 is 0 Å². The van der Waals surface area contributed by atoms with Gasteiger partial charge in [-0.15, -0.1) is 0 Å². The molecule has 0 N–H and O–H groups in total. The van der Waals surface area contributed by atoms with Crippen LogP contribution in [0.1, 0.15) is 51.1 Å². The standard InChI is InChI=1S/C9H14N2.C2H6/c1-8-6-10-11(7-8)9-4-2-3-5-9;1-2/h6-7,9H,2-5H2,1H3;1-2H3. The second kappa shape index (κ2) is 5.05. The van der Waals surface area contributed by atoms with Crippen molar-refractivity contribution in [3.63, 3.8) is 0 Å². The van der Waals surface area contributed by atoms with Gasteiger partial charge in [-0.1, -0.05) is 26.7 Å². The average molecular weight is 180 g/mol. The second-order valence-electron chi connectivity index (χ2n) is 3.44. The molecule has 1 saturated carbocycles. The van der Waals surface area contributed by atoms with E-state index in [1.807, 2.05) is 20.0 Å². The third-order valence-corrected chi connectivity index (χ3v) is 2.43. The van der Waals surface area contributed by atoms with Crippen LogP contribution in [0, 0.1) is 6.92 Å². The summed E-state index contributed by atoms with van der Waals surface area (Å²) in [6.07, 6.45) is 9.49. The lowest BCUT2D eigenvalue weighted by Gasteiger charge is -2.07. The summed E-state index contributed by atoms with van der Waals surface area (Å²) in [5.41, 5.74) is 1.27. The van der Waals surface area contributed by atoms with Crippen molar-refractivity contribution in [3.8, 4) is 0 Å². The maximum atomic E-state index is 4.31. The lowest BCUT2D eigenvalue weighted by molar-refractivity contribution is 0.466. The van der Waals surface area contributed by atoms with E-state index in [1.54, 1.807) is 0 Å². The normalized spacial score (nSPS) is 16.8. The summed E-state index contributed by atoms with van der Waals surface area (Å²) >= 11 is 0. The fourth-order valence-electron chi connectivity index (χ4n) is 1.80. The highest BCUT2D eigenvalue weighted by molar-refractivity contribution is 5.00. The van der Waals surface area contributed by atoms with Crippen LogP contribution in [0.3, 0.4) is 0 Å². The Morgan fingerprint density at radius 2 is 1.92 bits per heavy atom. The molecule has 0 aromatic carbocycles. The molecule has 0 spiro atoms. The zero-order valence-electron chi connectivity index (χ0n) is 8.95. The molecule has 0 aliphatic heterocycles. The molecule has 0 radical (unpaired) electrons. The Bertz CT molecular complexity index is 234. The van der Waals surface area contributed by atoms with Gasteiger partial charge >= 0.3 is 0 Å². The fourth-order valence-corrected chi connectivity index (χ4v) is 1.80. The minimum Gasteiger partial charge on any atom is -0.269 e. The fraction of sp³-hybridized carbons (Fsp3) is 0.727. The molecule has 2 nitrogen and oxygen atoms in total. The van der Waals surface area contributed by atoms with Crippen molar-refractivity contribution >= 4 is 0 Å². The maximum Gasteiger partial charge on any atom is 0.0519 e. The highest BCUT2D eigenvalue weighted by Crippen LogP contribution is 2.28. The molecule has 0 amide bonds. The van der Waals surface area contributed by atoms with Gasteiger partial charge in [0.1, 0.15) is 0 Å². The van der Waals surface area contributed by atoms with Crippen LogP contribution in [0.15, 0.2) is 12.4 Å². The Morgan fingerprint density at radius 1 is 1.31 bits per heavy atom.